The van der Waals surface area contributed by atoms with E-state index in [-0.39, 0.29) is 22.0 Å². The van der Waals surface area contributed by atoms with Crippen LogP contribution < -0.4 is 5.73 Å². The third-order valence-electron chi connectivity index (χ3n) is 3.46. The number of nitrogens with two attached hydrogens (primary N) is 1. The molecule has 2 unspecified atom stereocenters. The number of hydrogen-bond acceptors (Lipinski definition) is 3. The zero-order valence-electron chi connectivity index (χ0n) is 10.2. The molecular weight excluding hydrogens is 210 g/mol. The van der Waals surface area contributed by atoms with Gasteiger partial charge in [-0.15, -0.1) is 0 Å². The normalized spacial score (nSPS) is 31.9. The summed E-state index contributed by atoms with van der Waals surface area (Å²) in [6.45, 7) is 7.73. The highest BCUT2D eigenvalue weighted by Gasteiger charge is 2.41. The number of sulfone groups is 1. The molecule has 0 saturated heterocycles. The molecule has 4 heteroatoms. The van der Waals surface area contributed by atoms with Crippen molar-refractivity contribution in [3.8, 4) is 0 Å². The molecule has 0 bridgehead atoms. The molecule has 1 saturated carbocycles. The maximum Gasteiger partial charge on any atom is 0.157 e. The Kier molecular flexibility index (Phi) is 3.51. The molecule has 0 aromatic rings. The van der Waals surface area contributed by atoms with Gasteiger partial charge in [0.25, 0.3) is 0 Å². The number of rotatable bonds is 2. The van der Waals surface area contributed by atoms with Crippen LogP contribution in [-0.4, -0.2) is 25.0 Å². The molecule has 15 heavy (non-hydrogen) atoms. The topological polar surface area (TPSA) is 60.2 Å². The minimum atomic E-state index is -3.05. The van der Waals surface area contributed by atoms with Crippen LogP contribution >= 0.6 is 0 Å². The molecule has 0 aromatic heterocycles. The van der Waals surface area contributed by atoms with E-state index in [1.165, 1.54) is 0 Å². The zero-order chi connectivity index (χ0) is 11.9. The summed E-state index contributed by atoms with van der Waals surface area (Å²) >= 11 is 0. The van der Waals surface area contributed by atoms with Crippen molar-refractivity contribution in [2.24, 2.45) is 11.1 Å². The van der Waals surface area contributed by atoms with Gasteiger partial charge >= 0.3 is 0 Å². The van der Waals surface area contributed by atoms with Crippen molar-refractivity contribution in [3.05, 3.63) is 0 Å². The standard InChI is InChI=1S/C11H23NO2S/c1-8(2)15(13,14)10-7-11(3,4)6-5-9(10)12/h8-10H,5-7,12H2,1-4H3. The second-order valence-corrected chi connectivity index (χ2v) is 8.47. The van der Waals surface area contributed by atoms with Gasteiger partial charge in [0.1, 0.15) is 0 Å². The molecule has 3 nitrogen and oxygen atoms in total. The van der Waals surface area contributed by atoms with Crippen LogP contribution in [0.25, 0.3) is 0 Å². The fourth-order valence-corrected chi connectivity index (χ4v) is 4.26. The van der Waals surface area contributed by atoms with E-state index in [0.29, 0.717) is 6.42 Å². The van der Waals surface area contributed by atoms with Gasteiger partial charge in [0.05, 0.1) is 10.5 Å². The molecule has 90 valence electrons. The highest BCUT2D eigenvalue weighted by atomic mass is 32.2. The molecule has 0 radical (unpaired) electrons. The van der Waals surface area contributed by atoms with E-state index in [4.69, 9.17) is 5.73 Å². The van der Waals surface area contributed by atoms with E-state index in [1.807, 2.05) is 0 Å². The largest absolute Gasteiger partial charge is 0.327 e. The van der Waals surface area contributed by atoms with Crippen molar-refractivity contribution in [2.45, 2.75) is 63.5 Å². The van der Waals surface area contributed by atoms with Crippen LogP contribution in [0.3, 0.4) is 0 Å². The molecule has 2 atom stereocenters. The van der Waals surface area contributed by atoms with Gasteiger partial charge in [0, 0.05) is 6.04 Å². The van der Waals surface area contributed by atoms with E-state index in [2.05, 4.69) is 13.8 Å². The first kappa shape index (κ1) is 13.0. The summed E-state index contributed by atoms with van der Waals surface area (Å²) in [5, 5.41) is -0.663. The molecule has 1 rings (SSSR count). The Morgan fingerprint density at radius 2 is 1.87 bits per heavy atom. The van der Waals surface area contributed by atoms with Gasteiger partial charge in [-0.1, -0.05) is 13.8 Å². The first-order chi connectivity index (χ1) is 6.67. The van der Waals surface area contributed by atoms with Crippen LogP contribution in [0.15, 0.2) is 0 Å². The molecule has 0 amide bonds. The summed E-state index contributed by atoms with van der Waals surface area (Å²) in [4.78, 5) is 0. The molecule has 0 aromatic carbocycles. The minimum absolute atomic E-state index is 0.114. The Morgan fingerprint density at radius 1 is 1.33 bits per heavy atom. The average molecular weight is 233 g/mol. The highest BCUT2D eigenvalue weighted by Crippen LogP contribution is 2.38. The predicted molar refractivity (Wildman–Crippen MR) is 63.5 cm³/mol. The van der Waals surface area contributed by atoms with E-state index in [9.17, 15) is 8.42 Å². The SMILES string of the molecule is CC(C)S(=O)(=O)C1CC(C)(C)CCC1N. The lowest BCUT2D eigenvalue weighted by atomic mass is 9.75. The lowest BCUT2D eigenvalue weighted by molar-refractivity contribution is 0.227. The Bertz CT molecular complexity index is 319. The zero-order valence-corrected chi connectivity index (χ0v) is 11.0. The average Bonchev–Trinajstić information content (AvgIpc) is 2.09. The second kappa shape index (κ2) is 4.06. The van der Waals surface area contributed by atoms with Gasteiger partial charge in [-0.25, -0.2) is 8.42 Å². The summed E-state index contributed by atoms with van der Waals surface area (Å²) in [7, 11) is -3.05. The van der Waals surface area contributed by atoms with E-state index < -0.39 is 9.84 Å². The van der Waals surface area contributed by atoms with Gasteiger partial charge in [-0.2, -0.15) is 0 Å². The smallest absolute Gasteiger partial charge is 0.157 e. The van der Waals surface area contributed by atoms with E-state index in [1.54, 1.807) is 13.8 Å². The maximum atomic E-state index is 12.1. The summed E-state index contributed by atoms with van der Waals surface area (Å²) in [5.41, 5.74) is 6.06. The van der Waals surface area contributed by atoms with Crippen molar-refractivity contribution in [2.75, 3.05) is 0 Å². The number of hydrogen-bond donors (Lipinski definition) is 1. The predicted octanol–water partition coefficient (Wildman–Crippen LogP) is 1.72. The Morgan fingerprint density at radius 3 is 2.33 bits per heavy atom. The van der Waals surface area contributed by atoms with Crippen molar-refractivity contribution in [1.82, 2.24) is 0 Å². The van der Waals surface area contributed by atoms with Gasteiger partial charge in [-0.05, 0) is 38.5 Å². The molecule has 0 heterocycles. The summed E-state index contributed by atoms with van der Waals surface area (Å²) in [6.07, 6.45) is 2.55. The van der Waals surface area contributed by atoms with Crippen molar-refractivity contribution in [3.63, 3.8) is 0 Å². The fourth-order valence-electron chi connectivity index (χ4n) is 2.25. The first-order valence-electron chi connectivity index (χ1n) is 5.65. The summed E-state index contributed by atoms with van der Waals surface area (Å²) in [6, 6.07) is -0.176. The Labute approximate surface area is 93.3 Å². The highest BCUT2D eigenvalue weighted by molar-refractivity contribution is 7.92. The maximum absolute atomic E-state index is 12.1. The monoisotopic (exact) mass is 233 g/mol. The van der Waals surface area contributed by atoms with Crippen molar-refractivity contribution in [1.29, 1.82) is 0 Å². The van der Waals surface area contributed by atoms with Crippen LogP contribution in [0, 0.1) is 5.41 Å². The van der Waals surface area contributed by atoms with Crippen LogP contribution in [0.5, 0.6) is 0 Å². The molecule has 0 spiro atoms. The van der Waals surface area contributed by atoms with Gasteiger partial charge < -0.3 is 5.73 Å². The van der Waals surface area contributed by atoms with Crippen LogP contribution in [0.1, 0.15) is 47.0 Å². The second-order valence-electron chi connectivity index (χ2n) is 5.75. The summed E-state index contributed by atoms with van der Waals surface area (Å²) < 4.78 is 24.2. The van der Waals surface area contributed by atoms with E-state index in [0.717, 1.165) is 12.8 Å². The Hall–Kier alpha value is -0.0900. The molecule has 0 aliphatic heterocycles. The van der Waals surface area contributed by atoms with Crippen molar-refractivity contribution < 1.29 is 8.42 Å². The fraction of sp³-hybridized carbons (Fsp3) is 1.00. The third-order valence-corrected chi connectivity index (χ3v) is 6.14. The molecular formula is C11H23NO2S. The lowest BCUT2D eigenvalue weighted by Gasteiger charge is -2.39. The van der Waals surface area contributed by atoms with E-state index >= 15 is 0 Å². The molecule has 1 aliphatic carbocycles. The summed E-state index contributed by atoms with van der Waals surface area (Å²) in [5.74, 6) is 0. The molecule has 2 N–H and O–H groups in total. The minimum Gasteiger partial charge on any atom is -0.327 e. The van der Waals surface area contributed by atoms with Gasteiger partial charge in [0.2, 0.25) is 0 Å². The quantitative estimate of drug-likeness (QED) is 0.790. The molecule has 1 fully saturated rings. The van der Waals surface area contributed by atoms with Gasteiger partial charge in [-0.3, -0.25) is 0 Å². The van der Waals surface area contributed by atoms with Crippen LogP contribution in [0.2, 0.25) is 0 Å². The molecule has 1 aliphatic rings. The third kappa shape index (κ3) is 2.72. The van der Waals surface area contributed by atoms with Crippen LogP contribution in [0.4, 0.5) is 0 Å². The lowest BCUT2D eigenvalue weighted by Crippen LogP contribution is -2.49. The van der Waals surface area contributed by atoms with Crippen molar-refractivity contribution >= 4 is 9.84 Å². The van der Waals surface area contributed by atoms with Crippen LogP contribution in [-0.2, 0) is 9.84 Å². The Balaban J connectivity index is 2.93. The van der Waals surface area contributed by atoms with Gasteiger partial charge in [0.15, 0.2) is 9.84 Å². The first-order valence-corrected chi connectivity index (χ1v) is 7.26.